The summed E-state index contributed by atoms with van der Waals surface area (Å²) in [5.41, 5.74) is 2.59. The first-order chi connectivity index (χ1) is 11.7. The second kappa shape index (κ2) is 7.69. The molecule has 0 bridgehead atoms. The van der Waals surface area contributed by atoms with E-state index in [2.05, 4.69) is 15.2 Å². The number of hydrogen-bond acceptors (Lipinski definition) is 3. The SMILES string of the molecule is Cc1nn(C)cc1C(C)NC(=O)c1cccc(COCC(F)(F)F)c1. The predicted molar refractivity (Wildman–Crippen MR) is 86.0 cm³/mol. The second-order valence-corrected chi connectivity index (χ2v) is 5.85. The highest BCUT2D eigenvalue weighted by molar-refractivity contribution is 5.94. The minimum absolute atomic E-state index is 0.210. The van der Waals surface area contributed by atoms with Crippen molar-refractivity contribution in [3.63, 3.8) is 0 Å². The highest BCUT2D eigenvalue weighted by Crippen LogP contribution is 2.18. The lowest BCUT2D eigenvalue weighted by Crippen LogP contribution is -2.27. The Bertz CT molecular complexity index is 741. The number of nitrogens with one attached hydrogen (secondary N) is 1. The van der Waals surface area contributed by atoms with Gasteiger partial charge in [0.15, 0.2) is 0 Å². The predicted octanol–water partition coefficient (Wildman–Crippen LogP) is 3.30. The number of ether oxygens (including phenoxy) is 1. The molecule has 2 aromatic rings. The Morgan fingerprint density at radius 1 is 1.40 bits per heavy atom. The average molecular weight is 355 g/mol. The third kappa shape index (κ3) is 5.60. The number of carbonyl (C=O) groups is 1. The third-order valence-electron chi connectivity index (χ3n) is 3.59. The van der Waals surface area contributed by atoms with Crippen LogP contribution >= 0.6 is 0 Å². The van der Waals surface area contributed by atoms with Crippen LogP contribution in [0.4, 0.5) is 13.2 Å². The number of aromatic nitrogens is 2. The van der Waals surface area contributed by atoms with Crippen molar-refractivity contribution < 1.29 is 22.7 Å². The summed E-state index contributed by atoms with van der Waals surface area (Å²) in [7, 11) is 1.80. The van der Waals surface area contributed by atoms with Gasteiger partial charge in [-0.25, -0.2) is 0 Å². The van der Waals surface area contributed by atoms with E-state index in [0.29, 0.717) is 11.1 Å². The van der Waals surface area contributed by atoms with E-state index in [9.17, 15) is 18.0 Å². The van der Waals surface area contributed by atoms with E-state index in [1.54, 1.807) is 29.9 Å². The minimum atomic E-state index is -4.37. The fourth-order valence-corrected chi connectivity index (χ4v) is 2.49. The van der Waals surface area contributed by atoms with Crippen LogP contribution in [0.1, 0.15) is 40.1 Å². The maximum absolute atomic E-state index is 12.4. The van der Waals surface area contributed by atoms with E-state index in [1.165, 1.54) is 6.07 Å². The Kier molecular flexibility index (Phi) is 5.84. The van der Waals surface area contributed by atoms with Crippen molar-refractivity contribution >= 4 is 5.91 Å². The van der Waals surface area contributed by atoms with Crippen LogP contribution < -0.4 is 5.32 Å². The van der Waals surface area contributed by atoms with Gasteiger partial charge in [0.1, 0.15) is 6.61 Å². The lowest BCUT2D eigenvalue weighted by molar-refractivity contribution is -0.176. The van der Waals surface area contributed by atoms with Crippen LogP contribution in [0.3, 0.4) is 0 Å². The summed E-state index contributed by atoms with van der Waals surface area (Å²) in [6, 6.07) is 6.11. The lowest BCUT2D eigenvalue weighted by Gasteiger charge is -2.14. The van der Waals surface area contributed by atoms with E-state index in [4.69, 9.17) is 0 Å². The van der Waals surface area contributed by atoms with E-state index in [1.807, 2.05) is 20.0 Å². The van der Waals surface area contributed by atoms with Gasteiger partial charge in [0.25, 0.3) is 5.91 Å². The van der Waals surface area contributed by atoms with Crippen molar-refractivity contribution in [1.82, 2.24) is 15.1 Å². The van der Waals surface area contributed by atoms with Crippen molar-refractivity contribution in [3.05, 3.63) is 52.8 Å². The van der Waals surface area contributed by atoms with Crippen molar-refractivity contribution in [3.8, 4) is 0 Å². The zero-order valence-electron chi connectivity index (χ0n) is 14.2. The summed E-state index contributed by atoms with van der Waals surface area (Å²) in [6.07, 6.45) is -2.53. The number of benzene rings is 1. The Hall–Kier alpha value is -2.35. The molecule has 0 fully saturated rings. The monoisotopic (exact) mass is 355 g/mol. The number of nitrogens with zero attached hydrogens (tertiary/aromatic N) is 2. The molecule has 1 atom stereocenters. The maximum atomic E-state index is 12.4. The van der Waals surface area contributed by atoms with Gasteiger partial charge in [-0.3, -0.25) is 9.48 Å². The molecule has 1 aromatic carbocycles. The molecule has 1 amide bonds. The van der Waals surface area contributed by atoms with Gasteiger partial charge in [-0.1, -0.05) is 12.1 Å². The Labute approximate surface area is 143 Å². The van der Waals surface area contributed by atoms with Gasteiger partial charge in [-0.05, 0) is 31.5 Å². The summed E-state index contributed by atoms with van der Waals surface area (Å²) in [5, 5.41) is 7.10. The van der Waals surface area contributed by atoms with Crippen LogP contribution in [-0.2, 0) is 18.4 Å². The van der Waals surface area contributed by atoms with Crippen LogP contribution in [0.15, 0.2) is 30.5 Å². The zero-order valence-corrected chi connectivity index (χ0v) is 14.2. The molecule has 1 aromatic heterocycles. The molecule has 0 aliphatic carbocycles. The molecule has 0 spiro atoms. The van der Waals surface area contributed by atoms with Gasteiger partial charge in [0.05, 0.1) is 18.3 Å². The Morgan fingerprint density at radius 3 is 2.72 bits per heavy atom. The molecular weight excluding hydrogens is 335 g/mol. The number of carbonyl (C=O) groups excluding carboxylic acids is 1. The van der Waals surface area contributed by atoms with Gasteiger partial charge in [-0.2, -0.15) is 18.3 Å². The van der Waals surface area contributed by atoms with Crippen LogP contribution in [0.25, 0.3) is 0 Å². The average Bonchev–Trinajstić information content (AvgIpc) is 2.85. The number of hydrogen-bond donors (Lipinski definition) is 1. The molecule has 5 nitrogen and oxygen atoms in total. The highest BCUT2D eigenvalue weighted by atomic mass is 19.4. The van der Waals surface area contributed by atoms with Gasteiger partial charge in [-0.15, -0.1) is 0 Å². The van der Waals surface area contributed by atoms with E-state index in [0.717, 1.165) is 11.3 Å². The number of aryl methyl sites for hydroxylation is 2. The normalized spacial score (nSPS) is 12.9. The van der Waals surface area contributed by atoms with Crippen LogP contribution in [0.2, 0.25) is 0 Å². The summed E-state index contributed by atoms with van der Waals surface area (Å²) in [5.74, 6) is -0.312. The molecule has 1 N–H and O–H groups in total. The van der Waals surface area contributed by atoms with E-state index < -0.39 is 12.8 Å². The largest absolute Gasteiger partial charge is 0.411 e. The first kappa shape index (κ1) is 19.0. The fourth-order valence-electron chi connectivity index (χ4n) is 2.49. The van der Waals surface area contributed by atoms with Crippen molar-refractivity contribution in [2.45, 2.75) is 32.7 Å². The first-order valence-corrected chi connectivity index (χ1v) is 7.70. The van der Waals surface area contributed by atoms with Gasteiger partial charge in [0, 0.05) is 24.4 Å². The summed E-state index contributed by atoms with van der Waals surface area (Å²) < 4.78 is 42.6. The lowest BCUT2D eigenvalue weighted by atomic mass is 10.1. The molecule has 136 valence electrons. The number of halogens is 3. The van der Waals surface area contributed by atoms with Gasteiger partial charge < -0.3 is 10.1 Å². The van der Waals surface area contributed by atoms with Crippen molar-refractivity contribution in [2.75, 3.05) is 6.61 Å². The van der Waals surface area contributed by atoms with Crippen molar-refractivity contribution in [2.24, 2.45) is 7.05 Å². The minimum Gasteiger partial charge on any atom is -0.367 e. The van der Waals surface area contributed by atoms with E-state index in [-0.39, 0.29) is 18.6 Å². The van der Waals surface area contributed by atoms with Crippen LogP contribution in [0.5, 0.6) is 0 Å². The first-order valence-electron chi connectivity index (χ1n) is 7.70. The molecule has 0 aliphatic heterocycles. The Balaban J connectivity index is 1.99. The second-order valence-electron chi connectivity index (χ2n) is 5.85. The molecule has 1 unspecified atom stereocenters. The number of amides is 1. The third-order valence-corrected chi connectivity index (χ3v) is 3.59. The van der Waals surface area contributed by atoms with Crippen LogP contribution in [0, 0.1) is 6.92 Å². The maximum Gasteiger partial charge on any atom is 0.411 e. The fraction of sp³-hybridized carbons (Fsp3) is 0.412. The molecule has 0 saturated carbocycles. The summed E-state index contributed by atoms with van der Waals surface area (Å²) >= 11 is 0. The van der Waals surface area contributed by atoms with Crippen molar-refractivity contribution in [1.29, 1.82) is 0 Å². The highest BCUT2D eigenvalue weighted by Gasteiger charge is 2.27. The quantitative estimate of drug-likeness (QED) is 0.865. The summed E-state index contributed by atoms with van der Waals surface area (Å²) in [4.78, 5) is 12.4. The molecular formula is C17H20F3N3O2. The standard InChI is InChI=1S/C17H20F3N3O2/c1-11(15-8-23(3)22-12(15)2)21-16(24)14-6-4-5-13(7-14)9-25-10-17(18,19)20/h4-8,11H,9-10H2,1-3H3,(H,21,24). The molecule has 2 rings (SSSR count). The molecule has 25 heavy (non-hydrogen) atoms. The topological polar surface area (TPSA) is 56.2 Å². The van der Waals surface area contributed by atoms with E-state index >= 15 is 0 Å². The molecule has 8 heteroatoms. The zero-order chi connectivity index (χ0) is 18.6. The molecule has 0 saturated heterocycles. The molecule has 0 radical (unpaired) electrons. The molecule has 0 aliphatic rings. The summed E-state index contributed by atoms with van der Waals surface area (Å²) in [6.45, 7) is 2.17. The Morgan fingerprint density at radius 2 is 2.12 bits per heavy atom. The number of rotatable bonds is 6. The molecule has 1 heterocycles. The number of alkyl halides is 3. The smallest absolute Gasteiger partial charge is 0.367 e. The van der Waals surface area contributed by atoms with Gasteiger partial charge in [0.2, 0.25) is 0 Å². The van der Waals surface area contributed by atoms with Gasteiger partial charge >= 0.3 is 6.18 Å². The van der Waals surface area contributed by atoms with Crippen LogP contribution in [-0.4, -0.2) is 28.5 Å².